The summed E-state index contributed by atoms with van der Waals surface area (Å²) in [5, 5.41) is 2.59. The second-order valence-electron chi connectivity index (χ2n) is 2.67. The summed E-state index contributed by atoms with van der Waals surface area (Å²) in [7, 11) is 0. The van der Waals surface area contributed by atoms with Gasteiger partial charge in [0.15, 0.2) is 0 Å². The van der Waals surface area contributed by atoms with Crippen molar-refractivity contribution in [1.82, 2.24) is 5.32 Å². The zero-order valence-electron chi connectivity index (χ0n) is 7.75. The summed E-state index contributed by atoms with van der Waals surface area (Å²) in [6.45, 7) is 4.35. The fraction of sp³-hybridized carbons (Fsp3) is 0.875. The zero-order chi connectivity index (χ0) is 9.52. The lowest BCUT2D eigenvalue weighted by atomic mass is 10.3. The van der Waals surface area contributed by atoms with Crippen LogP contribution in [0.5, 0.6) is 0 Å². The van der Waals surface area contributed by atoms with E-state index in [2.05, 4.69) is 10.1 Å². The average Bonchev–Trinajstić information content (AvgIpc) is 2.17. The minimum absolute atomic E-state index is 0.0434. The smallest absolute Gasteiger partial charge is 0.407 e. The molecule has 0 aliphatic carbocycles. The number of rotatable bonds is 3. The van der Waals surface area contributed by atoms with Crippen LogP contribution < -0.4 is 5.32 Å². The van der Waals surface area contributed by atoms with E-state index in [1.807, 2.05) is 0 Å². The molecule has 1 heterocycles. The summed E-state index contributed by atoms with van der Waals surface area (Å²) in [5.41, 5.74) is 0. The van der Waals surface area contributed by atoms with Crippen LogP contribution in [0.4, 0.5) is 4.79 Å². The highest BCUT2D eigenvalue weighted by atomic mass is 16.6. The van der Waals surface area contributed by atoms with Gasteiger partial charge >= 0.3 is 6.09 Å². The second-order valence-corrected chi connectivity index (χ2v) is 2.67. The lowest BCUT2D eigenvalue weighted by molar-refractivity contribution is -0.0859. The van der Waals surface area contributed by atoms with E-state index < -0.39 is 6.09 Å². The van der Waals surface area contributed by atoms with Crippen LogP contribution in [0.3, 0.4) is 0 Å². The van der Waals surface area contributed by atoms with Crippen LogP contribution in [0.2, 0.25) is 0 Å². The molecule has 1 atom stereocenters. The minimum atomic E-state index is -0.406. The van der Waals surface area contributed by atoms with E-state index in [-0.39, 0.29) is 6.10 Å². The molecule has 1 unspecified atom stereocenters. The van der Waals surface area contributed by atoms with E-state index in [9.17, 15) is 4.79 Å². The molecular formula is C8H15NO4. The molecule has 1 aliphatic heterocycles. The second kappa shape index (κ2) is 5.77. The summed E-state index contributed by atoms with van der Waals surface area (Å²) in [5.74, 6) is 0. The van der Waals surface area contributed by atoms with Crippen molar-refractivity contribution in [3.63, 3.8) is 0 Å². The van der Waals surface area contributed by atoms with Gasteiger partial charge in [0.25, 0.3) is 0 Å². The van der Waals surface area contributed by atoms with E-state index in [4.69, 9.17) is 9.47 Å². The first kappa shape index (κ1) is 10.3. The number of nitrogens with one attached hydrogen (secondary N) is 1. The van der Waals surface area contributed by atoms with Gasteiger partial charge in [-0.2, -0.15) is 0 Å². The molecule has 1 N–H and O–H groups in total. The Hall–Kier alpha value is -0.810. The lowest BCUT2D eigenvalue weighted by Crippen LogP contribution is -2.39. The number of ether oxygens (including phenoxy) is 3. The Morgan fingerprint density at radius 3 is 3.08 bits per heavy atom. The largest absolute Gasteiger partial charge is 0.450 e. The number of hydrogen-bond acceptors (Lipinski definition) is 4. The molecule has 0 aromatic heterocycles. The minimum Gasteiger partial charge on any atom is -0.450 e. The molecule has 1 fully saturated rings. The van der Waals surface area contributed by atoms with Gasteiger partial charge in [0.1, 0.15) is 0 Å². The number of carbonyl (C=O) groups excluding carboxylic acids is 1. The molecule has 5 heteroatoms. The molecule has 0 saturated carbocycles. The van der Waals surface area contributed by atoms with E-state index >= 15 is 0 Å². The Kier molecular flexibility index (Phi) is 4.56. The summed E-state index contributed by atoms with van der Waals surface area (Å²) in [6, 6.07) is 0. The number of alkyl carbamates (subject to hydrolysis) is 1. The van der Waals surface area contributed by atoms with Crippen LogP contribution in [-0.2, 0) is 14.2 Å². The van der Waals surface area contributed by atoms with Crippen LogP contribution in [0, 0.1) is 0 Å². The van der Waals surface area contributed by atoms with Crippen molar-refractivity contribution < 1.29 is 19.0 Å². The third-order valence-corrected chi connectivity index (χ3v) is 1.63. The number of carbonyl (C=O) groups is 1. The zero-order valence-corrected chi connectivity index (χ0v) is 7.75. The molecule has 0 aromatic rings. The third-order valence-electron chi connectivity index (χ3n) is 1.63. The fourth-order valence-corrected chi connectivity index (χ4v) is 1.03. The summed E-state index contributed by atoms with van der Waals surface area (Å²) in [6.07, 6.45) is -0.449. The van der Waals surface area contributed by atoms with Crippen molar-refractivity contribution in [2.45, 2.75) is 13.0 Å². The first-order valence-electron chi connectivity index (χ1n) is 4.43. The molecule has 0 radical (unpaired) electrons. The van der Waals surface area contributed by atoms with Crippen LogP contribution in [-0.4, -0.2) is 45.2 Å². The SMILES string of the molecule is CCOC(=O)NCC1COCCO1. The molecule has 1 rings (SSSR count). The molecule has 0 aromatic carbocycles. The lowest BCUT2D eigenvalue weighted by Gasteiger charge is -2.22. The summed E-state index contributed by atoms with van der Waals surface area (Å²) in [4.78, 5) is 10.9. The van der Waals surface area contributed by atoms with Crippen molar-refractivity contribution in [3.8, 4) is 0 Å². The monoisotopic (exact) mass is 189 g/mol. The molecule has 1 aliphatic rings. The highest BCUT2D eigenvalue weighted by Gasteiger charge is 2.14. The maximum absolute atomic E-state index is 10.9. The molecule has 76 valence electrons. The van der Waals surface area contributed by atoms with Crippen LogP contribution in [0.1, 0.15) is 6.92 Å². The maximum Gasteiger partial charge on any atom is 0.407 e. The van der Waals surface area contributed by atoms with Crippen molar-refractivity contribution in [2.75, 3.05) is 33.0 Å². The Labute approximate surface area is 77.3 Å². The molecule has 1 saturated heterocycles. The quantitative estimate of drug-likeness (QED) is 0.686. The number of amides is 1. The van der Waals surface area contributed by atoms with Gasteiger partial charge in [0.2, 0.25) is 0 Å². The number of hydrogen-bond donors (Lipinski definition) is 1. The molecule has 0 bridgehead atoms. The highest BCUT2D eigenvalue weighted by Crippen LogP contribution is 1.98. The standard InChI is InChI=1S/C8H15NO4/c1-2-12-8(10)9-5-7-6-11-3-4-13-7/h7H,2-6H2,1H3,(H,9,10). The van der Waals surface area contributed by atoms with Crippen LogP contribution in [0.25, 0.3) is 0 Å². The van der Waals surface area contributed by atoms with Gasteiger partial charge < -0.3 is 19.5 Å². The molecule has 5 nitrogen and oxygen atoms in total. The first-order valence-corrected chi connectivity index (χ1v) is 4.43. The Bertz CT molecular complexity index is 156. The van der Waals surface area contributed by atoms with Gasteiger partial charge in [-0.1, -0.05) is 0 Å². The van der Waals surface area contributed by atoms with Gasteiger partial charge in [0, 0.05) is 6.54 Å². The van der Waals surface area contributed by atoms with Crippen molar-refractivity contribution in [3.05, 3.63) is 0 Å². The molecule has 1 amide bonds. The molecular weight excluding hydrogens is 174 g/mol. The maximum atomic E-state index is 10.9. The van der Waals surface area contributed by atoms with Gasteiger partial charge in [-0.15, -0.1) is 0 Å². The third kappa shape index (κ3) is 4.10. The Morgan fingerprint density at radius 2 is 2.46 bits per heavy atom. The van der Waals surface area contributed by atoms with E-state index in [1.54, 1.807) is 6.92 Å². The molecule has 13 heavy (non-hydrogen) atoms. The molecule has 0 spiro atoms. The van der Waals surface area contributed by atoms with Gasteiger partial charge in [0.05, 0.1) is 32.5 Å². The van der Waals surface area contributed by atoms with Crippen LogP contribution >= 0.6 is 0 Å². The van der Waals surface area contributed by atoms with Gasteiger partial charge in [-0.3, -0.25) is 0 Å². The summed E-state index contributed by atoms with van der Waals surface area (Å²) < 4.78 is 15.2. The predicted octanol–water partition coefficient (Wildman–Crippen LogP) is 0.148. The Morgan fingerprint density at radius 1 is 1.62 bits per heavy atom. The predicted molar refractivity (Wildman–Crippen MR) is 45.6 cm³/mol. The van der Waals surface area contributed by atoms with Crippen LogP contribution in [0.15, 0.2) is 0 Å². The Balaban J connectivity index is 2.06. The first-order chi connectivity index (χ1) is 6.33. The van der Waals surface area contributed by atoms with E-state index in [0.717, 1.165) is 0 Å². The van der Waals surface area contributed by atoms with E-state index in [0.29, 0.717) is 33.0 Å². The topological polar surface area (TPSA) is 56.8 Å². The van der Waals surface area contributed by atoms with Crippen molar-refractivity contribution in [1.29, 1.82) is 0 Å². The fourth-order valence-electron chi connectivity index (χ4n) is 1.03. The van der Waals surface area contributed by atoms with Crippen molar-refractivity contribution in [2.24, 2.45) is 0 Å². The average molecular weight is 189 g/mol. The highest BCUT2D eigenvalue weighted by molar-refractivity contribution is 5.67. The van der Waals surface area contributed by atoms with Crippen molar-refractivity contribution >= 4 is 6.09 Å². The van der Waals surface area contributed by atoms with Gasteiger partial charge in [-0.05, 0) is 6.92 Å². The van der Waals surface area contributed by atoms with E-state index in [1.165, 1.54) is 0 Å². The summed E-state index contributed by atoms with van der Waals surface area (Å²) >= 11 is 0. The normalized spacial score (nSPS) is 22.4. The van der Waals surface area contributed by atoms with Gasteiger partial charge in [-0.25, -0.2) is 4.79 Å².